The molecule has 0 spiro atoms. The van der Waals surface area contributed by atoms with Crippen LogP contribution in [0.2, 0.25) is 0 Å². The lowest BCUT2D eigenvalue weighted by atomic mass is 10.0. The molecule has 0 aliphatic rings. The van der Waals surface area contributed by atoms with E-state index in [9.17, 15) is 0 Å². The normalized spacial score (nSPS) is 10.4. The average molecular weight is 202 g/mol. The van der Waals surface area contributed by atoms with Gasteiger partial charge in [-0.15, -0.1) is 0 Å². The summed E-state index contributed by atoms with van der Waals surface area (Å²) >= 11 is 0. The molecule has 6 heteroatoms. The highest BCUT2D eigenvalue weighted by Gasteiger charge is 2.15. The summed E-state index contributed by atoms with van der Waals surface area (Å²) in [5.41, 5.74) is 13.1. The highest BCUT2D eigenvalue weighted by Crippen LogP contribution is 2.27. The number of aromatic nitrogens is 3. The molecule has 76 valence electrons. The number of fused-ring (bicyclic) bond motifs is 1. The number of nitrogen functional groups attached to an aromatic ring is 2. The van der Waals surface area contributed by atoms with Gasteiger partial charge in [-0.2, -0.15) is 10.4 Å². The monoisotopic (exact) mass is 202 g/mol. The topological polar surface area (TPSA) is 117 Å². The lowest BCUT2D eigenvalue weighted by molar-refractivity contribution is 1.10. The highest BCUT2D eigenvalue weighted by molar-refractivity contribution is 5.92. The van der Waals surface area contributed by atoms with Crippen LogP contribution in [0.1, 0.15) is 18.1 Å². The smallest absolute Gasteiger partial charge is 0.160 e. The number of nitriles is 1. The van der Waals surface area contributed by atoms with Gasteiger partial charge >= 0.3 is 0 Å². The van der Waals surface area contributed by atoms with Gasteiger partial charge < -0.3 is 11.5 Å². The van der Waals surface area contributed by atoms with Crippen LogP contribution < -0.4 is 11.5 Å². The van der Waals surface area contributed by atoms with Gasteiger partial charge in [-0.25, -0.2) is 4.98 Å². The molecule has 0 aromatic carbocycles. The minimum Gasteiger partial charge on any atom is -0.383 e. The molecule has 0 aliphatic carbocycles. The van der Waals surface area contributed by atoms with Crippen molar-refractivity contribution in [2.75, 3.05) is 11.5 Å². The van der Waals surface area contributed by atoms with Gasteiger partial charge in [0.2, 0.25) is 0 Å². The Morgan fingerprint density at radius 2 is 2.13 bits per heavy atom. The van der Waals surface area contributed by atoms with Crippen molar-refractivity contribution in [3.05, 3.63) is 11.1 Å². The number of aromatic amines is 1. The molecule has 15 heavy (non-hydrogen) atoms. The summed E-state index contributed by atoms with van der Waals surface area (Å²) in [5.74, 6) is 0.566. The maximum absolute atomic E-state index is 8.98. The van der Waals surface area contributed by atoms with E-state index in [0.717, 1.165) is 5.56 Å². The lowest BCUT2D eigenvalue weighted by Crippen LogP contribution is -2.01. The van der Waals surface area contributed by atoms with E-state index in [2.05, 4.69) is 15.2 Å². The van der Waals surface area contributed by atoms with Crippen molar-refractivity contribution in [2.24, 2.45) is 0 Å². The minimum atomic E-state index is 0.213. The van der Waals surface area contributed by atoms with E-state index in [-0.39, 0.29) is 5.82 Å². The second kappa shape index (κ2) is 3.13. The molecule has 0 bridgehead atoms. The van der Waals surface area contributed by atoms with Crippen LogP contribution in [0.3, 0.4) is 0 Å². The zero-order valence-electron chi connectivity index (χ0n) is 8.20. The minimum absolute atomic E-state index is 0.213. The first kappa shape index (κ1) is 9.27. The summed E-state index contributed by atoms with van der Waals surface area (Å²) in [7, 11) is 0. The van der Waals surface area contributed by atoms with Crippen molar-refractivity contribution in [2.45, 2.75) is 13.3 Å². The van der Waals surface area contributed by atoms with E-state index in [4.69, 9.17) is 16.7 Å². The fraction of sp³-hybridized carbons (Fsp3) is 0.222. The quantitative estimate of drug-likeness (QED) is 0.624. The van der Waals surface area contributed by atoms with Crippen LogP contribution in [-0.4, -0.2) is 15.2 Å². The second-order valence-electron chi connectivity index (χ2n) is 3.15. The zero-order chi connectivity index (χ0) is 11.0. The molecule has 0 saturated heterocycles. The molecule has 0 radical (unpaired) electrons. The first-order chi connectivity index (χ1) is 7.19. The van der Waals surface area contributed by atoms with Crippen molar-refractivity contribution in [3.8, 4) is 6.07 Å². The van der Waals surface area contributed by atoms with Gasteiger partial charge in [0, 0.05) is 0 Å². The van der Waals surface area contributed by atoms with Gasteiger partial charge in [-0.05, 0) is 12.0 Å². The number of aryl methyl sites for hydroxylation is 1. The van der Waals surface area contributed by atoms with E-state index in [1.165, 1.54) is 0 Å². The predicted octanol–water partition coefficient (Wildman–Crippen LogP) is 0.556. The Morgan fingerprint density at radius 1 is 1.40 bits per heavy atom. The van der Waals surface area contributed by atoms with Gasteiger partial charge in [-0.3, -0.25) is 5.10 Å². The van der Waals surface area contributed by atoms with E-state index < -0.39 is 0 Å². The van der Waals surface area contributed by atoms with Crippen molar-refractivity contribution < 1.29 is 0 Å². The summed E-state index contributed by atoms with van der Waals surface area (Å²) in [5, 5.41) is 16.2. The van der Waals surface area contributed by atoms with Crippen LogP contribution in [0.5, 0.6) is 0 Å². The molecule has 2 heterocycles. The van der Waals surface area contributed by atoms with Crippen LogP contribution in [0.4, 0.5) is 11.6 Å². The molecule has 0 saturated carbocycles. The maximum Gasteiger partial charge on any atom is 0.160 e. The Morgan fingerprint density at radius 3 is 2.73 bits per heavy atom. The number of nitrogens with zero attached hydrogens (tertiary/aromatic N) is 3. The number of H-pyrrole nitrogens is 1. The van der Waals surface area contributed by atoms with Crippen LogP contribution >= 0.6 is 0 Å². The molecular formula is C9H10N6. The molecule has 2 aromatic rings. The van der Waals surface area contributed by atoms with Crippen molar-refractivity contribution in [3.63, 3.8) is 0 Å². The molecule has 2 rings (SSSR count). The number of rotatable bonds is 1. The second-order valence-corrected chi connectivity index (χ2v) is 3.15. The number of hydrogen-bond donors (Lipinski definition) is 3. The fourth-order valence-corrected chi connectivity index (χ4v) is 1.66. The first-order valence-corrected chi connectivity index (χ1v) is 4.51. The van der Waals surface area contributed by atoms with Crippen LogP contribution in [0.15, 0.2) is 0 Å². The van der Waals surface area contributed by atoms with Gasteiger partial charge in [0.25, 0.3) is 0 Å². The van der Waals surface area contributed by atoms with E-state index >= 15 is 0 Å². The van der Waals surface area contributed by atoms with Crippen molar-refractivity contribution >= 4 is 22.7 Å². The molecule has 5 N–H and O–H groups in total. The lowest BCUT2D eigenvalue weighted by Gasteiger charge is -2.04. The van der Waals surface area contributed by atoms with E-state index in [1.54, 1.807) is 0 Å². The number of pyridine rings is 1. The Kier molecular flexibility index (Phi) is 1.94. The number of nitrogens with two attached hydrogens (primary N) is 2. The molecular weight excluding hydrogens is 192 g/mol. The molecule has 6 nitrogen and oxygen atoms in total. The van der Waals surface area contributed by atoms with Gasteiger partial charge in [-0.1, -0.05) is 6.92 Å². The summed E-state index contributed by atoms with van der Waals surface area (Å²) in [6, 6.07) is 2.04. The van der Waals surface area contributed by atoms with Crippen molar-refractivity contribution in [1.82, 2.24) is 15.2 Å². The molecule has 0 amide bonds. The summed E-state index contributed by atoms with van der Waals surface area (Å²) < 4.78 is 0. The van der Waals surface area contributed by atoms with Crippen LogP contribution in [0, 0.1) is 11.3 Å². The van der Waals surface area contributed by atoms with Crippen molar-refractivity contribution in [1.29, 1.82) is 5.26 Å². The molecule has 0 fully saturated rings. The van der Waals surface area contributed by atoms with Crippen LogP contribution in [-0.2, 0) is 6.42 Å². The standard InChI is InChI=1S/C9H10N6/c1-2-4-5(3-10)7(11)13-9-6(4)8(12)14-15-9/h2H2,1H3,(H5,11,12,13,14,15). The Balaban J connectivity index is 2.96. The third kappa shape index (κ3) is 1.17. The maximum atomic E-state index is 8.98. The Hall–Kier alpha value is -2.29. The third-order valence-corrected chi connectivity index (χ3v) is 2.33. The summed E-state index contributed by atoms with van der Waals surface area (Å²) in [4.78, 5) is 4.03. The highest BCUT2D eigenvalue weighted by atomic mass is 15.2. The largest absolute Gasteiger partial charge is 0.383 e. The van der Waals surface area contributed by atoms with Gasteiger partial charge in [0.1, 0.15) is 11.9 Å². The summed E-state index contributed by atoms with van der Waals surface area (Å²) in [6.07, 6.45) is 0.663. The Labute approximate surface area is 85.9 Å². The van der Waals surface area contributed by atoms with E-state index in [1.807, 2.05) is 13.0 Å². The van der Waals surface area contributed by atoms with E-state index in [0.29, 0.717) is 28.8 Å². The average Bonchev–Trinajstić information content (AvgIpc) is 2.58. The predicted molar refractivity (Wildman–Crippen MR) is 56.8 cm³/mol. The Bertz CT molecular complexity index is 562. The molecule has 0 atom stereocenters. The molecule has 0 unspecified atom stereocenters. The van der Waals surface area contributed by atoms with Gasteiger partial charge in [0.05, 0.1) is 10.9 Å². The van der Waals surface area contributed by atoms with Crippen LogP contribution in [0.25, 0.3) is 11.0 Å². The molecule has 2 aromatic heterocycles. The number of nitrogens with one attached hydrogen (secondary N) is 1. The SMILES string of the molecule is CCc1c(C#N)c(N)nc2[nH]nc(N)c12. The fourth-order valence-electron chi connectivity index (χ4n) is 1.66. The summed E-state index contributed by atoms with van der Waals surface area (Å²) in [6.45, 7) is 1.93. The molecule has 0 aliphatic heterocycles. The number of hydrogen-bond acceptors (Lipinski definition) is 5. The zero-order valence-corrected chi connectivity index (χ0v) is 8.20. The van der Waals surface area contributed by atoms with Gasteiger partial charge in [0.15, 0.2) is 11.5 Å². The third-order valence-electron chi connectivity index (χ3n) is 2.33. The first-order valence-electron chi connectivity index (χ1n) is 4.51. The number of anilines is 2.